The fourth-order valence-electron chi connectivity index (χ4n) is 1.99. The number of carbonyl (C=O) groups is 1. The standard InChI is InChI=1S/C12H17N3O4S/c1-2-19-12(16)15-20(17,18)14-10-5-6-11-9(8-10)4-3-7-13-11/h5-6,8,13-14H,2-4,7H2,1H3,(H,15,16). The second kappa shape index (κ2) is 6.00. The van der Waals surface area contributed by atoms with Crippen molar-refractivity contribution in [2.24, 2.45) is 0 Å². The smallest absolute Gasteiger partial charge is 0.422 e. The molecule has 3 N–H and O–H groups in total. The van der Waals surface area contributed by atoms with Crippen molar-refractivity contribution in [1.82, 2.24) is 4.72 Å². The highest BCUT2D eigenvalue weighted by Gasteiger charge is 2.16. The Morgan fingerprint density at radius 2 is 2.25 bits per heavy atom. The second-order valence-corrected chi connectivity index (χ2v) is 5.75. The van der Waals surface area contributed by atoms with Gasteiger partial charge in [0.1, 0.15) is 0 Å². The number of fused-ring (bicyclic) bond motifs is 1. The molecular formula is C12H17N3O4S. The number of hydrogen-bond donors (Lipinski definition) is 3. The van der Waals surface area contributed by atoms with Gasteiger partial charge in [-0.05, 0) is 43.5 Å². The maximum Gasteiger partial charge on any atom is 0.422 e. The molecule has 0 saturated carbocycles. The van der Waals surface area contributed by atoms with Crippen molar-refractivity contribution < 1.29 is 17.9 Å². The molecule has 0 radical (unpaired) electrons. The molecule has 110 valence electrons. The Morgan fingerprint density at radius 1 is 1.45 bits per heavy atom. The highest BCUT2D eigenvalue weighted by Crippen LogP contribution is 2.25. The average molecular weight is 299 g/mol. The van der Waals surface area contributed by atoms with Crippen LogP contribution < -0.4 is 14.8 Å². The van der Waals surface area contributed by atoms with E-state index in [1.165, 1.54) is 0 Å². The van der Waals surface area contributed by atoms with Gasteiger partial charge < -0.3 is 10.1 Å². The molecule has 1 heterocycles. The van der Waals surface area contributed by atoms with E-state index in [1.54, 1.807) is 23.8 Å². The van der Waals surface area contributed by atoms with Gasteiger partial charge in [-0.25, -0.2) is 9.52 Å². The third kappa shape index (κ3) is 3.77. The van der Waals surface area contributed by atoms with E-state index in [0.717, 1.165) is 30.6 Å². The molecule has 0 saturated heterocycles. The first-order valence-electron chi connectivity index (χ1n) is 6.34. The predicted molar refractivity (Wildman–Crippen MR) is 76.0 cm³/mol. The van der Waals surface area contributed by atoms with Gasteiger partial charge in [0.15, 0.2) is 0 Å². The lowest BCUT2D eigenvalue weighted by atomic mass is 10.0. The number of aryl methyl sites for hydroxylation is 1. The van der Waals surface area contributed by atoms with Crippen LogP contribution in [0.15, 0.2) is 18.2 Å². The van der Waals surface area contributed by atoms with E-state index in [0.29, 0.717) is 5.69 Å². The maximum absolute atomic E-state index is 11.7. The molecule has 8 heteroatoms. The first kappa shape index (κ1) is 14.4. The van der Waals surface area contributed by atoms with Gasteiger partial charge in [0.25, 0.3) is 0 Å². The number of ether oxygens (including phenoxy) is 1. The molecule has 2 rings (SSSR count). The highest BCUT2D eigenvalue weighted by molar-refractivity contribution is 7.91. The zero-order valence-electron chi connectivity index (χ0n) is 11.1. The van der Waals surface area contributed by atoms with Crippen LogP contribution in [0.3, 0.4) is 0 Å². The first-order valence-corrected chi connectivity index (χ1v) is 7.82. The molecule has 1 aromatic rings. The lowest BCUT2D eigenvalue weighted by Crippen LogP contribution is -2.35. The summed E-state index contributed by atoms with van der Waals surface area (Å²) in [5, 5.41) is 3.23. The molecule has 0 atom stereocenters. The van der Waals surface area contributed by atoms with Crippen LogP contribution in [0.5, 0.6) is 0 Å². The van der Waals surface area contributed by atoms with Crippen LogP contribution in [0, 0.1) is 0 Å². The number of anilines is 2. The largest absolute Gasteiger partial charge is 0.449 e. The Balaban J connectivity index is 2.07. The Labute approximate surface area is 117 Å². The Hall–Kier alpha value is -1.96. The summed E-state index contributed by atoms with van der Waals surface area (Å²) in [7, 11) is -3.98. The van der Waals surface area contributed by atoms with Crippen molar-refractivity contribution in [3.05, 3.63) is 23.8 Å². The molecule has 1 amide bonds. The number of carbonyl (C=O) groups excluding carboxylic acids is 1. The molecule has 0 bridgehead atoms. The molecule has 1 aromatic carbocycles. The number of amides is 1. The van der Waals surface area contributed by atoms with Gasteiger partial charge in [-0.3, -0.25) is 4.72 Å². The molecular weight excluding hydrogens is 282 g/mol. The average Bonchev–Trinajstić information content (AvgIpc) is 2.37. The lowest BCUT2D eigenvalue weighted by Gasteiger charge is -2.19. The minimum atomic E-state index is -3.98. The summed E-state index contributed by atoms with van der Waals surface area (Å²) in [6.45, 7) is 2.62. The van der Waals surface area contributed by atoms with Crippen LogP contribution in [-0.2, 0) is 21.4 Å². The Morgan fingerprint density at radius 3 is 3.00 bits per heavy atom. The molecule has 1 aliphatic heterocycles. The van der Waals surface area contributed by atoms with E-state index in [4.69, 9.17) is 0 Å². The van der Waals surface area contributed by atoms with Crippen LogP contribution in [0.25, 0.3) is 0 Å². The van der Waals surface area contributed by atoms with E-state index in [1.807, 2.05) is 6.07 Å². The van der Waals surface area contributed by atoms with Crippen molar-refractivity contribution in [3.8, 4) is 0 Å². The summed E-state index contributed by atoms with van der Waals surface area (Å²) in [5.74, 6) is 0. The number of rotatable bonds is 4. The number of nitrogens with one attached hydrogen (secondary N) is 3. The molecule has 20 heavy (non-hydrogen) atoms. The number of hydrogen-bond acceptors (Lipinski definition) is 5. The topological polar surface area (TPSA) is 96.5 Å². The Bertz CT molecular complexity index is 601. The summed E-state index contributed by atoms with van der Waals surface area (Å²) < 4.78 is 32.0. The maximum atomic E-state index is 11.7. The minimum absolute atomic E-state index is 0.103. The quantitative estimate of drug-likeness (QED) is 0.782. The van der Waals surface area contributed by atoms with E-state index < -0.39 is 16.3 Å². The SMILES string of the molecule is CCOC(=O)NS(=O)(=O)Nc1ccc2c(c1)CCCN2. The summed E-state index contributed by atoms with van der Waals surface area (Å²) in [4.78, 5) is 11.1. The number of benzene rings is 1. The zero-order chi connectivity index (χ0) is 14.6. The molecule has 0 aliphatic carbocycles. The summed E-state index contributed by atoms with van der Waals surface area (Å²) in [6, 6.07) is 5.21. The molecule has 0 fully saturated rings. The van der Waals surface area contributed by atoms with Crippen LogP contribution in [-0.4, -0.2) is 27.7 Å². The van der Waals surface area contributed by atoms with Gasteiger partial charge in [-0.2, -0.15) is 8.42 Å². The molecule has 0 spiro atoms. The Kier molecular flexibility index (Phi) is 4.33. The lowest BCUT2D eigenvalue weighted by molar-refractivity contribution is 0.159. The molecule has 1 aliphatic rings. The van der Waals surface area contributed by atoms with Crippen molar-refractivity contribution in [2.75, 3.05) is 23.2 Å². The van der Waals surface area contributed by atoms with Crippen molar-refractivity contribution in [1.29, 1.82) is 0 Å². The monoisotopic (exact) mass is 299 g/mol. The normalized spacial score (nSPS) is 13.8. The van der Waals surface area contributed by atoms with E-state index >= 15 is 0 Å². The van der Waals surface area contributed by atoms with Crippen molar-refractivity contribution in [3.63, 3.8) is 0 Å². The van der Waals surface area contributed by atoms with Crippen LogP contribution in [0.4, 0.5) is 16.2 Å². The molecule has 0 aromatic heterocycles. The summed E-state index contributed by atoms with van der Waals surface area (Å²) in [6.07, 6.45) is 0.896. The van der Waals surface area contributed by atoms with Gasteiger partial charge in [0.05, 0.1) is 12.3 Å². The van der Waals surface area contributed by atoms with E-state index in [-0.39, 0.29) is 6.61 Å². The predicted octanol–water partition coefficient (Wildman–Crippen LogP) is 1.45. The van der Waals surface area contributed by atoms with Crippen LogP contribution >= 0.6 is 0 Å². The van der Waals surface area contributed by atoms with Crippen molar-refractivity contribution >= 4 is 27.7 Å². The van der Waals surface area contributed by atoms with Crippen LogP contribution in [0.1, 0.15) is 18.9 Å². The van der Waals surface area contributed by atoms with E-state index in [9.17, 15) is 13.2 Å². The second-order valence-electron chi connectivity index (χ2n) is 4.33. The van der Waals surface area contributed by atoms with Crippen LogP contribution in [0.2, 0.25) is 0 Å². The van der Waals surface area contributed by atoms with E-state index in [2.05, 4.69) is 14.8 Å². The van der Waals surface area contributed by atoms with Gasteiger partial charge in [-0.15, -0.1) is 0 Å². The van der Waals surface area contributed by atoms with Gasteiger partial charge in [0, 0.05) is 12.2 Å². The molecule has 0 unspecified atom stereocenters. The minimum Gasteiger partial charge on any atom is -0.449 e. The fraction of sp³-hybridized carbons (Fsp3) is 0.417. The first-order chi connectivity index (χ1) is 9.50. The van der Waals surface area contributed by atoms with Gasteiger partial charge >= 0.3 is 16.3 Å². The highest BCUT2D eigenvalue weighted by atomic mass is 32.2. The van der Waals surface area contributed by atoms with Crippen molar-refractivity contribution in [2.45, 2.75) is 19.8 Å². The molecule has 7 nitrogen and oxygen atoms in total. The summed E-state index contributed by atoms with van der Waals surface area (Å²) in [5.41, 5.74) is 2.47. The zero-order valence-corrected chi connectivity index (χ0v) is 11.9. The summed E-state index contributed by atoms with van der Waals surface area (Å²) >= 11 is 0. The third-order valence-corrected chi connectivity index (χ3v) is 3.73. The van der Waals surface area contributed by atoms with Gasteiger partial charge in [-0.1, -0.05) is 0 Å². The van der Waals surface area contributed by atoms with Gasteiger partial charge in [0.2, 0.25) is 0 Å². The third-order valence-electron chi connectivity index (χ3n) is 2.79. The fourth-order valence-corrected chi connectivity index (χ4v) is 2.76.